The summed E-state index contributed by atoms with van der Waals surface area (Å²) in [6, 6.07) is 18.6. The molecule has 0 aliphatic heterocycles. The Labute approximate surface area is 164 Å². The Morgan fingerprint density at radius 3 is 2.44 bits per heavy atom. The van der Waals surface area contributed by atoms with E-state index in [0.717, 1.165) is 12.0 Å². The van der Waals surface area contributed by atoms with Gasteiger partial charge in [0.1, 0.15) is 18.1 Å². The Hall–Kier alpha value is -2.72. The Kier molecular flexibility index (Phi) is 6.20. The number of furan rings is 1. The van der Waals surface area contributed by atoms with E-state index >= 15 is 0 Å². The van der Waals surface area contributed by atoms with Gasteiger partial charge in [0, 0.05) is 5.02 Å². The Balaban J connectivity index is 1.60. The molecule has 0 fully saturated rings. The van der Waals surface area contributed by atoms with Gasteiger partial charge in [0.15, 0.2) is 5.76 Å². The van der Waals surface area contributed by atoms with Crippen molar-refractivity contribution in [2.75, 3.05) is 0 Å². The molecule has 0 saturated carbocycles. The van der Waals surface area contributed by atoms with Gasteiger partial charge in [-0.3, -0.25) is 4.79 Å². The lowest BCUT2D eigenvalue weighted by Gasteiger charge is -2.17. The number of amides is 1. The molecular formula is C22H22ClNO3. The number of nitrogens with one attached hydrogen (secondary N) is 1. The van der Waals surface area contributed by atoms with Crippen molar-refractivity contribution in [3.63, 3.8) is 0 Å². The maximum atomic E-state index is 12.5. The topological polar surface area (TPSA) is 51.5 Å². The summed E-state index contributed by atoms with van der Waals surface area (Å²) in [6.45, 7) is 4.32. The minimum atomic E-state index is -0.236. The zero-order chi connectivity index (χ0) is 19.2. The third kappa shape index (κ3) is 5.14. The van der Waals surface area contributed by atoms with Crippen LogP contribution in [0.5, 0.6) is 5.75 Å². The number of aryl methyl sites for hydroxylation is 1. The highest BCUT2D eigenvalue weighted by Crippen LogP contribution is 2.20. The van der Waals surface area contributed by atoms with E-state index in [1.165, 1.54) is 5.56 Å². The van der Waals surface area contributed by atoms with Crippen molar-refractivity contribution in [1.29, 1.82) is 0 Å². The van der Waals surface area contributed by atoms with Crippen LogP contribution in [0.3, 0.4) is 0 Å². The molecule has 0 radical (unpaired) electrons. The molecule has 0 bridgehead atoms. The fourth-order valence-corrected chi connectivity index (χ4v) is 2.84. The highest BCUT2D eigenvalue weighted by atomic mass is 35.5. The monoisotopic (exact) mass is 383 g/mol. The van der Waals surface area contributed by atoms with Crippen LogP contribution in [0.2, 0.25) is 5.02 Å². The van der Waals surface area contributed by atoms with Crippen molar-refractivity contribution < 1.29 is 13.9 Å². The van der Waals surface area contributed by atoms with Crippen LogP contribution in [-0.2, 0) is 6.61 Å². The van der Waals surface area contributed by atoms with E-state index in [1.54, 1.807) is 36.4 Å². The molecule has 5 heteroatoms. The van der Waals surface area contributed by atoms with Gasteiger partial charge in [0.05, 0.1) is 6.04 Å². The molecule has 1 heterocycles. The molecule has 0 spiro atoms. The minimum absolute atomic E-state index is 0.0584. The van der Waals surface area contributed by atoms with Gasteiger partial charge in [0.25, 0.3) is 5.91 Å². The fourth-order valence-electron chi connectivity index (χ4n) is 2.71. The van der Waals surface area contributed by atoms with Crippen LogP contribution in [-0.4, -0.2) is 5.91 Å². The van der Waals surface area contributed by atoms with Gasteiger partial charge in [-0.25, -0.2) is 0 Å². The zero-order valence-electron chi connectivity index (χ0n) is 15.4. The van der Waals surface area contributed by atoms with E-state index in [-0.39, 0.29) is 24.3 Å². The summed E-state index contributed by atoms with van der Waals surface area (Å²) < 4.78 is 11.3. The van der Waals surface area contributed by atoms with Crippen LogP contribution >= 0.6 is 11.6 Å². The van der Waals surface area contributed by atoms with Crippen LogP contribution in [0.15, 0.2) is 65.1 Å². The van der Waals surface area contributed by atoms with Crippen molar-refractivity contribution in [3.8, 4) is 5.75 Å². The molecule has 4 nitrogen and oxygen atoms in total. The molecule has 0 aliphatic rings. The summed E-state index contributed by atoms with van der Waals surface area (Å²) in [7, 11) is 0. The second-order valence-electron chi connectivity index (χ2n) is 6.35. The molecular weight excluding hydrogens is 362 g/mol. The molecule has 1 aromatic heterocycles. The van der Waals surface area contributed by atoms with Gasteiger partial charge < -0.3 is 14.5 Å². The van der Waals surface area contributed by atoms with Crippen LogP contribution < -0.4 is 10.1 Å². The highest BCUT2D eigenvalue weighted by molar-refractivity contribution is 6.30. The SMILES string of the molecule is CCC(NC(=O)c1ccc(COc2ccc(Cl)cc2)o1)c1ccc(C)cc1. The van der Waals surface area contributed by atoms with Crippen LogP contribution in [0, 0.1) is 6.92 Å². The Morgan fingerprint density at radius 1 is 1.07 bits per heavy atom. The molecule has 1 unspecified atom stereocenters. The van der Waals surface area contributed by atoms with Crippen LogP contribution in [0.4, 0.5) is 0 Å². The third-order valence-electron chi connectivity index (χ3n) is 4.27. The summed E-state index contributed by atoms with van der Waals surface area (Å²) in [5.41, 5.74) is 2.27. The first-order chi connectivity index (χ1) is 13.0. The van der Waals surface area contributed by atoms with Crippen molar-refractivity contribution in [2.24, 2.45) is 0 Å². The molecule has 1 N–H and O–H groups in total. The highest BCUT2D eigenvalue weighted by Gasteiger charge is 2.17. The average molecular weight is 384 g/mol. The maximum absolute atomic E-state index is 12.5. The maximum Gasteiger partial charge on any atom is 0.287 e. The summed E-state index contributed by atoms with van der Waals surface area (Å²) in [5.74, 6) is 1.31. The number of hydrogen-bond donors (Lipinski definition) is 1. The molecule has 0 saturated heterocycles. The largest absolute Gasteiger partial charge is 0.486 e. The van der Waals surface area contributed by atoms with Crippen molar-refractivity contribution in [3.05, 3.63) is 88.3 Å². The van der Waals surface area contributed by atoms with E-state index in [9.17, 15) is 4.79 Å². The third-order valence-corrected chi connectivity index (χ3v) is 4.53. The van der Waals surface area contributed by atoms with E-state index in [2.05, 4.69) is 5.32 Å². The number of halogens is 1. The van der Waals surface area contributed by atoms with Crippen LogP contribution in [0.25, 0.3) is 0 Å². The lowest BCUT2D eigenvalue weighted by atomic mass is 10.0. The number of carbonyl (C=O) groups is 1. The number of hydrogen-bond acceptors (Lipinski definition) is 3. The van der Waals surface area contributed by atoms with E-state index < -0.39 is 0 Å². The standard InChI is InChI=1S/C22H22ClNO3/c1-3-20(16-6-4-15(2)5-7-16)24-22(25)21-13-12-19(27-21)14-26-18-10-8-17(23)9-11-18/h4-13,20H,3,14H2,1-2H3,(H,24,25). The van der Waals surface area contributed by atoms with Crippen molar-refractivity contribution in [1.82, 2.24) is 5.32 Å². The Morgan fingerprint density at radius 2 is 1.78 bits per heavy atom. The summed E-state index contributed by atoms with van der Waals surface area (Å²) >= 11 is 5.85. The van der Waals surface area contributed by atoms with E-state index in [4.69, 9.17) is 20.8 Å². The predicted octanol–water partition coefficient (Wildman–Crippen LogP) is 5.70. The number of rotatable bonds is 7. The van der Waals surface area contributed by atoms with Crippen molar-refractivity contribution in [2.45, 2.75) is 32.9 Å². The molecule has 3 rings (SSSR count). The lowest BCUT2D eigenvalue weighted by molar-refractivity contribution is 0.0903. The second-order valence-corrected chi connectivity index (χ2v) is 6.79. The first kappa shape index (κ1) is 19.1. The van der Waals surface area contributed by atoms with Gasteiger partial charge in [0.2, 0.25) is 0 Å². The van der Waals surface area contributed by atoms with Gasteiger partial charge in [-0.15, -0.1) is 0 Å². The Bertz CT molecular complexity index is 885. The molecule has 27 heavy (non-hydrogen) atoms. The summed E-state index contributed by atoms with van der Waals surface area (Å²) in [4.78, 5) is 12.5. The number of ether oxygens (including phenoxy) is 1. The molecule has 1 amide bonds. The van der Waals surface area contributed by atoms with E-state index in [0.29, 0.717) is 16.5 Å². The molecule has 0 aliphatic carbocycles. The first-order valence-corrected chi connectivity index (χ1v) is 9.27. The predicted molar refractivity (Wildman–Crippen MR) is 106 cm³/mol. The number of benzene rings is 2. The molecule has 1 atom stereocenters. The lowest BCUT2D eigenvalue weighted by Crippen LogP contribution is -2.27. The molecule has 3 aromatic rings. The fraction of sp³-hybridized carbons (Fsp3) is 0.227. The normalized spacial score (nSPS) is 11.8. The minimum Gasteiger partial charge on any atom is -0.486 e. The molecule has 2 aromatic carbocycles. The molecule has 140 valence electrons. The van der Waals surface area contributed by atoms with Crippen LogP contribution in [0.1, 0.15) is 46.8 Å². The first-order valence-electron chi connectivity index (χ1n) is 8.89. The summed E-state index contributed by atoms with van der Waals surface area (Å²) in [6.07, 6.45) is 0.794. The summed E-state index contributed by atoms with van der Waals surface area (Å²) in [5, 5.41) is 3.68. The number of carbonyl (C=O) groups excluding carboxylic acids is 1. The van der Waals surface area contributed by atoms with E-state index in [1.807, 2.05) is 38.1 Å². The quantitative estimate of drug-likeness (QED) is 0.569. The van der Waals surface area contributed by atoms with Gasteiger partial charge >= 0.3 is 0 Å². The van der Waals surface area contributed by atoms with Crippen molar-refractivity contribution >= 4 is 17.5 Å². The van der Waals surface area contributed by atoms with Gasteiger partial charge in [-0.1, -0.05) is 48.4 Å². The smallest absolute Gasteiger partial charge is 0.287 e. The average Bonchev–Trinajstić information content (AvgIpc) is 3.15. The zero-order valence-corrected chi connectivity index (χ0v) is 16.1. The second kappa shape index (κ2) is 8.78. The van der Waals surface area contributed by atoms with Gasteiger partial charge in [-0.2, -0.15) is 0 Å². The van der Waals surface area contributed by atoms with Gasteiger partial charge in [-0.05, 0) is 55.3 Å².